The summed E-state index contributed by atoms with van der Waals surface area (Å²) in [5.41, 5.74) is 0. The van der Waals surface area contributed by atoms with Crippen molar-refractivity contribution in [3.8, 4) is 0 Å². The Labute approximate surface area is 294 Å². The first-order chi connectivity index (χ1) is 24.4. The first-order valence-electron chi connectivity index (χ1n) is 15.8. The van der Waals surface area contributed by atoms with Crippen LogP contribution in [-0.4, -0.2) is 229 Å². The highest BCUT2D eigenvalue weighted by atomic mass is 32.3. The smallest absolute Gasteiger partial charge is 0.394 e. The maximum atomic E-state index is 12.0. The van der Waals surface area contributed by atoms with Crippen LogP contribution < -0.4 is 5.32 Å². The molecule has 4 saturated heterocycles. The van der Waals surface area contributed by atoms with Crippen LogP contribution in [0, 0.1) is 0 Å². The minimum Gasteiger partial charge on any atom is -0.394 e. The van der Waals surface area contributed by atoms with Gasteiger partial charge in [-0.1, -0.05) is 0 Å². The fourth-order valence-corrected chi connectivity index (χ4v) is 6.70. The maximum Gasteiger partial charge on any atom is 0.397 e. The molecule has 25 nitrogen and oxygen atoms in total. The van der Waals surface area contributed by atoms with E-state index in [4.69, 9.17) is 33.2 Å². The first-order valence-corrected chi connectivity index (χ1v) is 17.1. The highest BCUT2D eigenvalue weighted by Crippen LogP contribution is 2.34. The van der Waals surface area contributed by atoms with E-state index in [-0.39, 0.29) is 0 Å². The summed E-state index contributed by atoms with van der Waals surface area (Å²) in [6, 6.07) is -1.83. The quantitative estimate of drug-likeness (QED) is 0.0770. The standard InChI is InChI=1S/C26H45NO24S/c1-6(32)27-11-21(51-52(41,42)43)12(33)7(2-28)45-24(11)50-22-13(34)8(3-29)46-26(18(22)39)49-20-10(5-31)47-25(17(38)15(20)36)48-19-9(4-30)44-23(40)16(37)14(19)35/h7-26,28-31,33-40H,2-5H2,1H3,(H,27,32)(H,41,42,43)/t7-,8-,9-,10-,11-,12+,13+,14-,15-,16-,17-,18-,19-,20+,21-,22+,23?,24+,25+,26-/m1/s1. The Bertz CT molecular complexity index is 1260. The van der Waals surface area contributed by atoms with Gasteiger partial charge in [-0.05, 0) is 0 Å². The van der Waals surface area contributed by atoms with Crippen LogP contribution in [-0.2, 0) is 52.5 Å². The number of hydrogen-bond acceptors (Lipinski definition) is 23. The number of rotatable bonds is 13. The SMILES string of the molecule is CC(=O)N[C@H]1[C@H](O[C@H]2[C@@H](O)[C@@H](CO)O[C@H](O[C@@H]3[C@H](O)[C@@H](O)[C@H](O[C@H]4[C@H](O)[C@@H](O)C(O)O[C@@H]4CO)O[C@@H]3CO)[C@@H]2O)O[C@H](CO)[C@H](O)[C@@H]1OS(=O)(=O)O. The van der Waals surface area contributed by atoms with Crippen LogP contribution in [0.3, 0.4) is 0 Å². The van der Waals surface area contributed by atoms with Gasteiger partial charge in [0, 0.05) is 6.92 Å². The fourth-order valence-electron chi connectivity index (χ4n) is 6.19. The third-order valence-electron chi connectivity index (χ3n) is 8.81. The molecular weight excluding hydrogens is 742 g/mol. The van der Waals surface area contributed by atoms with Crippen LogP contribution in [0.15, 0.2) is 0 Å². The molecule has 0 aliphatic carbocycles. The Balaban J connectivity index is 1.55. The van der Waals surface area contributed by atoms with E-state index in [1.54, 1.807) is 0 Å². The minimum atomic E-state index is -5.33. The van der Waals surface area contributed by atoms with E-state index >= 15 is 0 Å². The Morgan fingerprint density at radius 1 is 0.558 bits per heavy atom. The van der Waals surface area contributed by atoms with E-state index in [1.807, 2.05) is 0 Å². The number of aliphatic hydroxyl groups is 12. The Kier molecular flexibility index (Phi) is 15.0. The molecular formula is C26H45NO24S. The molecule has 26 heteroatoms. The summed E-state index contributed by atoms with van der Waals surface area (Å²) in [6.45, 7) is -2.86. The van der Waals surface area contributed by atoms with E-state index in [0.29, 0.717) is 0 Å². The second-order valence-corrected chi connectivity index (χ2v) is 13.4. The molecule has 52 heavy (non-hydrogen) atoms. The van der Waals surface area contributed by atoms with E-state index in [1.165, 1.54) is 0 Å². The average Bonchev–Trinajstić information content (AvgIpc) is 3.08. The van der Waals surface area contributed by atoms with Crippen molar-refractivity contribution in [3.63, 3.8) is 0 Å². The van der Waals surface area contributed by atoms with Gasteiger partial charge in [-0.25, -0.2) is 4.18 Å². The van der Waals surface area contributed by atoms with Gasteiger partial charge in [0.1, 0.15) is 97.6 Å². The van der Waals surface area contributed by atoms with Gasteiger partial charge < -0.3 is 99.8 Å². The zero-order valence-electron chi connectivity index (χ0n) is 27.1. The first kappa shape index (κ1) is 43.3. The lowest BCUT2D eigenvalue weighted by Gasteiger charge is -2.49. The van der Waals surface area contributed by atoms with Crippen molar-refractivity contribution in [3.05, 3.63) is 0 Å². The molecule has 4 aliphatic rings. The zero-order valence-corrected chi connectivity index (χ0v) is 27.9. The van der Waals surface area contributed by atoms with Crippen molar-refractivity contribution < 1.29 is 116 Å². The minimum absolute atomic E-state index is 0.850. The summed E-state index contributed by atoms with van der Waals surface area (Å²) in [4.78, 5) is 12.0. The summed E-state index contributed by atoms with van der Waals surface area (Å²) in [6.07, 6.45) is -36.0. The fraction of sp³-hybridized carbons (Fsp3) is 0.962. The van der Waals surface area contributed by atoms with E-state index in [0.717, 1.165) is 6.92 Å². The van der Waals surface area contributed by atoms with Crippen LogP contribution >= 0.6 is 0 Å². The topological polar surface area (TPSA) is 400 Å². The predicted octanol–water partition coefficient (Wildman–Crippen LogP) is -9.78. The Morgan fingerprint density at radius 3 is 1.48 bits per heavy atom. The van der Waals surface area contributed by atoms with Crippen LogP contribution in [0.5, 0.6) is 0 Å². The second-order valence-electron chi connectivity index (χ2n) is 12.4. The molecule has 0 saturated carbocycles. The van der Waals surface area contributed by atoms with Gasteiger partial charge in [-0.15, -0.1) is 0 Å². The van der Waals surface area contributed by atoms with Gasteiger partial charge in [0.25, 0.3) is 0 Å². The van der Waals surface area contributed by atoms with Crippen LogP contribution in [0.2, 0.25) is 0 Å². The summed E-state index contributed by atoms with van der Waals surface area (Å²) < 4.78 is 75.2. The third kappa shape index (κ3) is 9.50. The molecule has 4 fully saturated rings. The molecule has 14 N–H and O–H groups in total. The molecule has 0 aromatic carbocycles. The normalized spacial score (nSPS) is 47.6. The molecule has 20 atom stereocenters. The lowest BCUT2D eigenvalue weighted by molar-refractivity contribution is -0.385. The summed E-state index contributed by atoms with van der Waals surface area (Å²) in [5, 5.41) is 126. The van der Waals surface area contributed by atoms with Crippen molar-refractivity contribution in [2.45, 2.75) is 130 Å². The highest BCUT2D eigenvalue weighted by molar-refractivity contribution is 7.80. The van der Waals surface area contributed by atoms with Crippen molar-refractivity contribution in [1.29, 1.82) is 0 Å². The average molecular weight is 788 g/mol. The number of carbonyl (C=O) groups excluding carboxylic acids is 1. The highest BCUT2D eigenvalue weighted by Gasteiger charge is 2.56. The monoisotopic (exact) mass is 787 g/mol. The number of hydrogen-bond donors (Lipinski definition) is 14. The van der Waals surface area contributed by atoms with Gasteiger partial charge in [0.2, 0.25) is 5.91 Å². The third-order valence-corrected chi connectivity index (χ3v) is 9.28. The van der Waals surface area contributed by atoms with E-state index in [2.05, 4.69) is 9.50 Å². The van der Waals surface area contributed by atoms with Gasteiger partial charge in [-0.3, -0.25) is 9.35 Å². The van der Waals surface area contributed by atoms with Crippen molar-refractivity contribution in [2.75, 3.05) is 26.4 Å². The van der Waals surface area contributed by atoms with Crippen LogP contribution in [0.25, 0.3) is 0 Å². The largest absolute Gasteiger partial charge is 0.397 e. The van der Waals surface area contributed by atoms with Crippen LogP contribution in [0.1, 0.15) is 6.92 Å². The van der Waals surface area contributed by atoms with Crippen molar-refractivity contribution >= 4 is 16.3 Å². The molecule has 304 valence electrons. The lowest BCUT2D eigenvalue weighted by atomic mass is 9.95. The van der Waals surface area contributed by atoms with E-state index in [9.17, 15) is 79.0 Å². The molecule has 0 spiro atoms. The van der Waals surface area contributed by atoms with Gasteiger partial charge in [-0.2, -0.15) is 8.42 Å². The summed E-state index contributed by atoms with van der Waals surface area (Å²) in [5.74, 6) is -0.878. The van der Waals surface area contributed by atoms with Gasteiger partial charge >= 0.3 is 10.4 Å². The second kappa shape index (κ2) is 18.0. The lowest BCUT2D eigenvalue weighted by Crippen LogP contribution is -2.69. The Morgan fingerprint density at radius 2 is 0.981 bits per heavy atom. The molecule has 4 aliphatic heterocycles. The maximum absolute atomic E-state index is 12.0. The Hall–Kier alpha value is -1.42. The molecule has 0 aromatic rings. The molecule has 0 aromatic heterocycles. The molecule has 1 amide bonds. The number of ether oxygens (including phenoxy) is 7. The number of nitrogens with one attached hydrogen (secondary N) is 1. The van der Waals surface area contributed by atoms with Gasteiger partial charge in [0.15, 0.2) is 25.2 Å². The summed E-state index contributed by atoms with van der Waals surface area (Å²) >= 11 is 0. The molecule has 4 rings (SSSR count). The molecule has 0 radical (unpaired) electrons. The van der Waals surface area contributed by atoms with Crippen molar-refractivity contribution in [2.24, 2.45) is 0 Å². The zero-order chi connectivity index (χ0) is 38.8. The number of amides is 1. The number of aliphatic hydroxyl groups excluding tert-OH is 12. The molecule has 4 heterocycles. The van der Waals surface area contributed by atoms with Gasteiger partial charge in [0.05, 0.1) is 26.4 Å². The number of carbonyl (C=O) groups is 1. The van der Waals surface area contributed by atoms with Crippen LogP contribution in [0.4, 0.5) is 0 Å². The van der Waals surface area contributed by atoms with E-state index < -0.39 is 165 Å². The summed E-state index contributed by atoms with van der Waals surface area (Å²) in [7, 11) is -5.33. The molecule has 0 bridgehead atoms. The molecule has 1 unspecified atom stereocenters. The predicted molar refractivity (Wildman–Crippen MR) is 156 cm³/mol. The van der Waals surface area contributed by atoms with Crippen molar-refractivity contribution in [1.82, 2.24) is 5.32 Å².